The molecule has 0 radical (unpaired) electrons. The summed E-state index contributed by atoms with van der Waals surface area (Å²) >= 11 is 0. The van der Waals surface area contributed by atoms with Gasteiger partial charge in [-0.1, -0.05) is 30.3 Å². The Morgan fingerprint density at radius 1 is 1.23 bits per heavy atom. The van der Waals surface area contributed by atoms with E-state index in [2.05, 4.69) is 0 Å². The standard InChI is InChI=1S/C15H16N2O5/c18-14(11-22-10-12-4-2-1-3-5-12)9-16-8-13(17(20)21)6-7-15(16)19/h1-8,14,18H,9-11H2. The van der Waals surface area contributed by atoms with Gasteiger partial charge in [-0.2, -0.15) is 0 Å². The summed E-state index contributed by atoms with van der Waals surface area (Å²) in [7, 11) is 0. The van der Waals surface area contributed by atoms with Gasteiger partial charge in [0.05, 0.1) is 37.0 Å². The van der Waals surface area contributed by atoms with E-state index in [0.29, 0.717) is 6.61 Å². The second-order valence-electron chi connectivity index (χ2n) is 4.79. The summed E-state index contributed by atoms with van der Waals surface area (Å²) in [5, 5.41) is 20.6. The Morgan fingerprint density at radius 3 is 2.64 bits per heavy atom. The molecule has 1 unspecified atom stereocenters. The lowest BCUT2D eigenvalue weighted by Gasteiger charge is -2.13. The molecule has 0 aliphatic carbocycles. The van der Waals surface area contributed by atoms with E-state index in [1.54, 1.807) is 0 Å². The molecular formula is C15H16N2O5. The van der Waals surface area contributed by atoms with Crippen LogP contribution in [0.25, 0.3) is 0 Å². The normalized spacial score (nSPS) is 12.0. The number of aliphatic hydroxyl groups is 1. The zero-order chi connectivity index (χ0) is 15.9. The molecule has 7 nitrogen and oxygen atoms in total. The van der Waals surface area contributed by atoms with Gasteiger partial charge in [-0.3, -0.25) is 14.9 Å². The number of nitro groups is 1. The highest BCUT2D eigenvalue weighted by Crippen LogP contribution is 2.07. The number of nitrogens with zero attached hydrogens (tertiary/aromatic N) is 2. The van der Waals surface area contributed by atoms with E-state index in [4.69, 9.17) is 4.74 Å². The van der Waals surface area contributed by atoms with Crippen molar-refractivity contribution in [1.29, 1.82) is 0 Å². The van der Waals surface area contributed by atoms with Crippen LogP contribution in [-0.2, 0) is 17.9 Å². The molecule has 0 spiro atoms. The highest BCUT2D eigenvalue weighted by Gasteiger charge is 2.11. The van der Waals surface area contributed by atoms with Crippen molar-refractivity contribution < 1.29 is 14.8 Å². The molecule has 22 heavy (non-hydrogen) atoms. The van der Waals surface area contributed by atoms with E-state index in [0.717, 1.165) is 28.5 Å². The number of pyridine rings is 1. The molecule has 1 N–H and O–H groups in total. The lowest BCUT2D eigenvalue weighted by molar-refractivity contribution is -0.385. The lowest BCUT2D eigenvalue weighted by atomic mass is 10.2. The van der Waals surface area contributed by atoms with Gasteiger partial charge in [0.25, 0.3) is 11.2 Å². The zero-order valence-electron chi connectivity index (χ0n) is 11.8. The van der Waals surface area contributed by atoms with Crippen molar-refractivity contribution in [2.75, 3.05) is 6.61 Å². The van der Waals surface area contributed by atoms with Gasteiger partial charge in [0.15, 0.2) is 0 Å². The van der Waals surface area contributed by atoms with Gasteiger partial charge >= 0.3 is 0 Å². The molecule has 0 fully saturated rings. The first-order valence-electron chi connectivity index (χ1n) is 6.71. The Bertz CT molecular complexity index is 684. The maximum atomic E-state index is 11.6. The predicted octanol–water partition coefficient (Wildman–Crippen LogP) is 1.33. The van der Waals surface area contributed by atoms with Crippen LogP contribution in [-0.4, -0.2) is 27.3 Å². The van der Waals surface area contributed by atoms with E-state index in [-0.39, 0.29) is 18.8 Å². The summed E-state index contributed by atoms with van der Waals surface area (Å²) in [6, 6.07) is 11.7. The van der Waals surface area contributed by atoms with E-state index < -0.39 is 16.6 Å². The lowest BCUT2D eigenvalue weighted by Crippen LogP contribution is -2.28. The summed E-state index contributed by atoms with van der Waals surface area (Å²) in [6.45, 7) is 0.321. The van der Waals surface area contributed by atoms with E-state index in [1.807, 2.05) is 30.3 Å². The van der Waals surface area contributed by atoms with Gasteiger partial charge < -0.3 is 14.4 Å². The van der Waals surface area contributed by atoms with Gasteiger partial charge in [0.1, 0.15) is 0 Å². The van der Waals surface area contributed by atoms with Crippen LogP contribution in [0.15, 0.2) is 53.5 Å². The van der Waals surface area contributed by atoms with Gasteiger partial charge in [0.2, 0.25) is 0 Å². The molecule has 116 valence electrons. The minimum atomic E-state index is -0.927. The van der Waals surface area contributed by atoms with Crippen LogP contribution < -0.4 is 5.56 Å². The third-order valence-electron chi connectivity index (χ3n) is 3.01. The van der Waals surface area contributed by atoms with E-state index in [9.17, 15) is 20.0 Å². The number of hydrogen-bond acceptors (Lipinski definition) is 5. The average Bonchev–Trinajstić information content (AvgIpc) is 2.50. The van der Waals surface area contributed by atoms with Crippen molar-refractivity contribution in [2.45, 2.75) is 19.3 Å². The molecule has 1 atom stereocenters. The molecule has 1 heterocycles. The molecule has 0 bridgehead atoms. The third kappa shape index (κ3) is 4.51. The van der Waals surface area contributed by atoms with Crippen molar-refractivity contribution >= 4 is 5.69 Å². The Morgan fingerprint density at radius 2 is 1.95 bits per heavy atom. The number of hydrogen-bond donors (Lipinski definition) is 1. The molecule has 7 heteroatoms. The van der Waals surface area contributed by atoms with Crippen molar-refractivity contribution in [2.24, 2.45) is 0 Å². The monoisotopic (exact) mass is 304 g/mol. The molecule has 0 aliphatic heterocycles. The van der Waals surface area contributed by atoms with Gasteiger partial charge in [-0.05, 0) is 5.56 Å². The predicted molar refractivity (Wildman–Crippen MR) is 79.5 cm³/mol. The largest absolute Gasteiger partial charge is 0.389 e. The average molecular weight is 304 g/mol. The summed E-state index contributed by atoms with van der Waals surface area (Å²) < 4.78 is 6.48. The number of aliphatic hydroxyl groups excluding tert-OH is 1. The zero-order valence-corrected chi connectivity index (χ0v) is 11.8. The number of benzene rings is 1. The molecule has 1 aromatic heterocycles. The molecule has 0 amide bonds. The first-order valence-corrected chi connectivity index (χ1v) is 6.71. The number of aromatic nitrogens is 1. The minimum absolute atomic E-state index is 0.0318. The van der Waals surface area contributed by atoms with Crippen LogP contribution >= 0.6 is 0 Å². The Balaban J connectivity index is 1.89. The quantitative estimate of drug-likeness (QED) is 0.615. The molecule has 2 aromatic rings. The van der Waals surface area contributed by atoms with Gasteiger partial charge in [-0.15, -0.1) is 0 Å². The fraction of sp³-hybridized carbons (Fsp3) is 0.267. The van der Waals surface area contributed by atoms with E-state index >= 15 is 0 Å². The Hall–Kier alpha value is -2.51. The van der Waals surface area contributed by atoms with Crippen LogP contribution in [0.1, 0.15) is 5.56 Å². The Kier molecular flexibility index (Phi) is 5.40. The van der Waals surface area contributed by atoms with Crippen molar-refractivity contribution in [1.82, 2.24) is 4.57 Å². The highest BCUT2D eigenvalue weighted by atomic mass is 16.6. The molecule has 0 saturated heterocycles. The van der Waals surface area contributed by atoms with Crippen LogP contribution in [0.3, 0.4) is 0 Å². The molecule has 2 rings (SSSR count). The minimum Gasteiger partial charge on any atom is -0.389 e. The van der Waals surface area contributed by atoms with Crippen LogP contribution in [0.2, 0.25) is 0 Å². The smallest absolute Gasteiger partial charge is 0.285 e. The van der Waals surface area contributed by atoms with Crippen LogP contribution in [0.4, 0.5) is 5.69 Å². The maximum absolute atomic E-state index is 11.6. The fourth-order valence-electron chi connectivity index (χ4n) is 1.94. The van der Waals surface area contributed by atoms with Gasteiger partial charge in [0, 0.05) is 12.1 Å². The molecular weight excluding hydrogens is 288 g/mol. The summed E-state index contributed by atoms with van der Waals surface area (Å²) in [5.41, 5.74) is 0.368. The third-order valence-corrected chi connectivity index (χ3v) is 3.01. The second kappa shape index (κ2) is 7.48. The summed E-state index contributed by atoms with van der Waals surface area (Å²) in [4.78, 5) is 21.7. The molecule has 0 aliphatic rings. The molecule has 1 aromatic carbocycles. The highest BCUT2D eigenvalue weighted by molar-refractivity contribution is 5.24. The number of rotatable bonds is 7. The number of ether oxygens (including phenoxy) is 1. The van der Waals surface area contributed by atoms with Crippen molar-refractivity contribution in [3.05, 3.63) is 74.7 Å². The first kappa shape index (κ1) is 15.9. The van der Waals surface area contributed by atoms with Crippen molar-refractivity contribution in [3.8, 4) is 0 Å². The van der Waals surface area contributed by atoms with E-state index in [1.165, 1.54) is 0 Å². The Labute approximate surface area is 126 Å². The fourth-order valence-corrected chi connectivity index (χ4v) is 1.94. The molecule has 0 saturated carbocycles. The SMILES string of the molecule is O=c1ccc([N+](=O)[O-])cn1CC(O)COCc1ccccc1. The van der Waals surface area contributed by atoms with Crippen LogP contribution in [0.5, 0.6) is 0 Å². The van der Waals surface area contributed by atoms with Crippen LogP contribution in [0, 0.1) is 10.1 Å². The summed E-state index contributed by atoms with van der Waals surface area (Å²) in [5.74, 6) is 0. The van der Waals surface area contributed by atoms with Gasteiger partial charge in [-0.25, -0.2) is 0 Å². The summed E-state index contributed by atoms with van der Waals surface area (Å²) in [6.07, 6.45) is 0.186. The second-order valence-corrected chi connectivity index (χ2v) is 4.79. The topological polar surface area (TPSA) is 94.6 Å². The first-order chi connectivity index (χ1) is 10.6. The van der Waals surface area contributed by atoms with Crippen molar-refractivity contribution in [3.63, 3.8) is 0 Å². The maximum Gasteiger partial charge on any atom is 0.285 e.